The average Bonchev–Trinajstić information content (AvgIpc) is 3.15. The molecule has 0 bridgehead atoms. The van der Waals surface area contributed by atoms with Crippen LogP contribution >= 0.6 is 11.3 Å². The van der Waals surface area contributed by atoms with Crippen LogP contribution in [-0.2, 0) is 4.74 Å². The van der Waals surface area contributed by atoms with E-state index in [2.05, 4.69) is 0 Å². The first-order chi connectivity index (χ1) is 11.2. The molecule has 0 radical (unpaired) electrons. The number of rotatable bonds is 5. The van der Waals surface area contributed by atoms with Crippen molar-refractivity contribution in [1.29, 1.82) is 0 Å². The van der Waals surface area contributed by atoms with E-state index in [1.54, 1.807) is 24.3 Å². The highest BCUT2D eigenvalue weighted by Gasteiger charge is 2.12. The molecule has 0 atom stereocenters. The minimum absolute atomic E-state index is 0.186. The van der Waals surface area contributed by atoms with Gasteiger partial charge in [0, 0.05) is 0 Å². The van der Waals surface area contributed by atoms with Crippen LogP contribution in [0.1, 0.15) is 20.0 Å². The molecule has 0 aliphatic heterocycles. The first kappa shape index (κ1) is 15.2. The molecule has 0 saturated carbocycles. The Hall–Kier alpha value is -2.72. The van der Waals surface area contributed by atoms with Gasteiger partial charge >= 0.3 is 5.97 Å². The summed E-state index contributed by atoms with van der Waals surface area (Å²) in [6.07, 6.45) is 0. The lowest BCUT2D eigenvalue weighted by Crippen LogP contribution is -2.13. The summed E-state index contributed by atoms with van der Waals surface area (Å²) in [6.45, 7) is -0.236. The van der Waals surface area contributed by atoms with E-state index in [9.17, 15) is 9.59 Å². The van der Waals surface area contributed by atoms with Gasteiger partial charge in [-0.05, 0) is 34.7 Å². The summed E-state index contributed by atoms with van der Waals surface area (Å²) in [5.74, 6) is -0.677. The molecule has 0 aliphatic rings. The van der Waals surface area contributed by atoms with Crippen molar-refractivity contribution in [3.63, 3.8) is 0 Å². The molecule has 2 aromatic carbocycles. The minimum Gasteiger partial charge on any atom is -0.454 e. The van der Waals surface area contributed by atoms with Crippen LogP contribution < -0.4 is 0 Å². The highest BCUT2D eigenvalue weighted by atomic mass is 32.1. The Morgan fingerprint density at radius 2 is 1.52 bits per heavy atom. The topological polar surface area (TPSA) is 43.4 Å². The van der Waals surface area contributed by atoms with Gasteiger partial charge in [0.25, 0.3) is 0 Å². The number of ketones is 1. The number of hydrogen-bond donors (Lipinski definition) is 0. The maximum absolute atomic E-state index is 12.0. The zero-order valence-electron chi connectivity index (χ0n) is 12.3. The van der Waals surface area contributed by atoms with Crippen molar-refractivity contribution in [1.82, 2.24) is 0 Å². The summed E-state index contributed by atoms with van der Waals surface area (Å²) in [6, 6.07) is 20.6. The van der Waals surface area contributed by atoms with Crippen LogP contribution in [0.2, 0.25) is 0 Å². The number of ether oxygens (including phenoxy) is 1. The van der Waals surface area contributed by atoms with Crippen molar-refractivity contribution in [2.24, 2.45) is 0 Å². The maximum atomic E-state index is 12.0. The molecular weight excluding hydrogens is 308 g/mol. The molecule has 114 valence electrons. The molecule has 1 heterocycles. The highest BCUT2D eigenvalue weighted by Crippen LogP contribution is 2.19. The predicted octanol–water partition coefficient (Wildman–Crippen LogP) is 4.45. The molecule has 0 aliphatic carbocycles. The zero-order chi connectivity index (χ0) is 16.1. The number of carbonyl (C=O) groups is 2. The molecule has 0 fully saturated rings. The molecule has 0 spiro atoms. The standard InChI is InChI=1S/C19H14O3S/c20-17(18-7-4-12-23-18)13-22-19(21)16-10-8-15(9-11-16)14-5-2-1-3-6-14/h1-12H,13H2. The second-order valence-electron chi connectivity index (χ2n) is 4.92. The Balaban J connectivity index is 1.63. The molecule has 4 heteroatoms. The van der Waals surface area contributed by atoms with Crippen molar-refractivity contribution >= 4 is 23.1 Å². The van der Waals surface area contributed by atoms with Gasteiger partial charge in [0.05, 0.1) is 10.4 Å². The molecule has 3 nitrogen and oxygen atoms in total. The molecule has 1 aromatic heterocycles. The summed E-state index contributed by atoms with van der Waals surface area (Å²) in [5.41, 5.74) is 2.54. The number of esters is 1. The van der Waals surface area contributed by atoms with Crippen LogP contribution in [0.4, 0.5) is 0 Å². The van der Waals surface area contributed by atoms with Crippen LogP contribution in [0.15, 0.2) is 72.1 Å². The Labute approximate surface area is 138 Å². The van der Waals surface area contributed by atoms with Crippen molar-refractivity contribution < 1.29 is 14.3 Å². The van der Waals surface area contributed by atoms with Crippen molar-refractivity contribution in [3.8, 4) is 11.1 Å². The highest BCUT2D eigenvalue weighted by molar-refractivity contribution is 7.12. The molecule has 0 amide bonds. The summed E-state index contributed by atoms with van der Waals surface area (Å²) >= 11 is 1.34. The van der Waals surface area contributed by atoms with E-state index in [0.29, 0.717) is 10.4 Å². The monoisotopic (exact) mass is 322 g/mol. The molecule has 0 unspecified atom stereocenters. The van der Waals surface area contributed by atoms with Gasteiger partial charge in [-0.3, -0.25) is 4.79 Å². The van der Waals surface area contributed by atoms with E-state index in [1.165, 1.54) is 11.3 Å². The number of benzene rings is 2. The van der Waals surface area contributed by atoms with E-state index in [1.807, 2.05) is 47.8 Å². The van der Waals surface area contributed by atoms with Gasteiger partial charge in [0.2, 0.25) is 5.78 Å². The van der Waals surface area contributed by atoms with E-state index in [0.717, 1.165) is 11.1 Å². The Kier molecular flexibility index (Phi) is 4.64. The smallest absolute Gasteiger partial charge is 0.338 e. The van der Waals surface area contributed by atoms with Gasteiger partial charge in [-0.25, -0.2) is 4.79 Å². The van der Waals surface area contributed by atoms with E-state index in [-0.39, 0.29) is 12.4 Å². The number of thiophene rings is 1. The normalized spacial score (nSPS) is 10.3. The van der Waals surface area contributed by atoms with Crippen LogP contribution in [0.25, 0.3) is 11.1 Å². The first-order valence-electron chi connectivity index (χ1n) is 7.13. The first-order valence-corrected chi connectivity index (χ1v) is 8.01. The fourth-order valence-electron chi connectivity index (χ4n) is 2.15. The molecule has 3 aromatic rings. The second kappa shape index (κ2) is 7.03. The summed E-state index contributed by atoms with van der Waals surface area (Å²) in [7, 11) is 0. The summed E-state index contributed by atoms with van der Waals surface area (Å²) in [4.78, 5) is 24.4. The van der Waals surface area contributed by atoms with Gasteiger partial charge in [-0.2, -0.15) is 0 Å². The number of hydrogen-bond acceptors (Lipinski definition) is 4. The Morgan fingerprint density at radius 3 is 2.17 bits per heavy atom. The SMILES string of the molecule is O=C(OCC(=O)c1cccs1)c1ccc(-c2ccccc2)cc1. The zero-order valence-corrected chi connectivity index (χ0v) is 13.1. The molecule has 23 heavy (non-hydrogen) atoms. The third-order valence-corrected chi connectivity index (χ3v) is 4.27. The lowest BCUT2D eigenvalue weighted by atomic mass is 10.0. The van der Waals surface area contributed by atoms with Gasteiger partial charge in [-0.1, -0.05) is 48.5 Å². The summed E-state index contributed by atoms with van der Waals surface area (Å²) < 4.78 is 5.08. The molecule has 0 N–H and O–H groups in total. The minimum atomic E-state index is -0.491. The second-order valence-corrected chi connectivity index (χ2v) is 5.87. The Morgan fingerprint density at radius 1 is 0.826 bits per heavy atom. The van der Waals surface area contributed by atoms with E-state index < -0.39 is 5.97 Å². The van der Waals surface area contributed by atoms with Crippen LogP contribution in [0.5, 0.6) is 0 Å². The maximum Gasteiger partial charge on any atom is 0.338 e. The molecular formula is C19H14O3S. The van der Waals surface area contributed by atoms with Crippen molar-refractivity contribution in [3.05, 3.63) is 82.6 Å². The summed E-state index contributed by atoms with van der Waals surface area (Å²) in [5, 5.41) is 1.82. The van der Waals surface area contributed by atoms with Crippen LogP contribution in [0, 0.1) is 0 Å². The third-order valence-electron chi connectivity index (χ3n) is 3.36. The van der Waals surface area contributed by atoms with Crippen LogP contribution in [-0.4, -0.2) is 18.4 Å². The lowest BCUT2D eigenvalue weighted by molar-refractivity contribution is 0.0476. The van der Waals surface area contributed by atoms with Gasteiger partial charge in [0.1, 0.15) is 0 Å². The van der Waals surface area contributed by atoms with E-state index >= 15 is 0 Å². The van der Waals surface area contributed by atoms with Gasteiger partial charge in [-0.15, -0.1) is 11.3 Å². The van der Waals surface area contributed by atoms with Gasteiger partial charge in [0.15, 0.2) is 6.61 Å². The third kappa shape index (κ3) is 3.73. The average molecular weight is 322 g/mol. The van der Waals surface area contributed by atoms with Crippen molar-refractivity contribution in [2.45, 2.75) is 0 Å². The molecule has 3 rings (SSSR count). The quantitative estimate of drug-likeness (QED) is 0.515. The fourth-order valence-corrected chi connectivity index (χ4v) is 2.80. The Bertz CT molecular complexity index is 790. The number of Topliss-reactive ketones (excluding diaryl/α,β-unsaturated/α-hetero) is 1. The number of carbonyl (C=O) groups excluding carboxylic acids is 2. The predicted molar refractivity (Wildman–Crippen MR) is 90.8 cm³/mol. The largest absolute Gasteiger partial charge is 0.454 e. The van der Waals surface area contributed by atoms with Gasteiger partial charge < -0.3 is 4.74 Å². The molecule has 0 saturated heterocycles. The van der Waals surface area contributed by atoms with Crippen LogP contribution in [0.3, 0.4) is 0 Å². The van der Waals surface area contributed by atoms with E-state index in [4.69, 9.17) is 4.74 Å². The fraction of sp³-hybridized carbons (Fsp3) is 0.0526. The van der Waals surface area contributed by atoms with Crippen molar-refractivity contribution in [2.75, 3.05) is 6.61 Å². The lowest BCUT2D eigenvalue weighted by Gasteiger charge is -2.05.